The third-order valence-electron chi connectivity index (χ3n) is 3.97. The fraction of sp³-hybridized carbons (Fsp3) is 0.294. The second-order valence-electron chi connectivity index (χ2n) is 5.43. The minimum Gasteiger partial charge on any atom is -0.497 e. The van der Waals surface area contributed by atoms with Crippen LogP contribution in [0.4, 0.5) is 0 Å². The standard InChI is InChI=1S/C17H18ClNO4S/c1-22-14-8-6-13(7-9-14)16-12-19(10-11-23-16)24(20,21)17-5-3-2-4-15(17)18/h2-9,16H,10-12H2,1H3. The van der Waals surface area contributed by atoms with E-state index in [1.165, 1.54) is 10.4 Å². The Morgan fingerprint density at radius 1 is 1.17 bits per heavy atom. The Morgan fingerprint density at radius 2 is 1.88 bits per heavy atom. The zero-order valence-electron chi connectivity index (χ0n) is 13.2. The molecule has 0 saturated carbocycles. The molecule has 1 aliphatic rings. The van der Waals surface area contributed by atoms with Crippen molar-refractivity contribution in [3.8, 4) is 5.75 Å². The molecular formula is C17H18ClNO4S. The first-order valence-electron chi connectivity index (χ1n) is 7.52. The van der Waals surface area contributed by atoms with Gasteiger partial charge in [0.2, 0.25) is 10.0 Å². The van der Waals surface area contributed by atoms with Crippen molar-refractivity contribution in [3.05, 3.63) is 59.1 Å². The molecular weight excluding hydrogens is 350 g/mol. The van der Waals surface area contributed by atoms with Gasteiger partial charge in [0.05, 0.1) is 24.8 Å². The zero-order chi connectivity index (χ0) is 17.2. The molecule has 1 heterocycles. The summed E-state index contributed by atoms with van der Waals surface area (Å²) >= 11 is 6.06. The monoisotopic (exact) mass is 367 g/mol. The average Bonchev–Trinajstić information content (AvgIpc) is 2.62. The van der Waals surface area contributed by atoms with E-state index in [0.717, 1.165) is 11.3 Å². The summed E-state index contributed by atoms with van der Waals surface area (Å²) in [6.45, 7) is 0.889. The summed E-state index contributed by atoms with van der Waals surface area (Å²) < 4.78 is 38.0. The molecule has 128 valence electrons. The lowest BCUT2D eigenvalue weighted by atomic mass is 10.1. The van der Waals surface area contributed by atoms with Crippen LogP contribution < -0.4 is 4.74 Å². The molecule has 0 bridgehead atoms. The molecule has 0 N–H and O–H groups in total. The topological polar surface area (TPSA) is 55.8 Å². The summed E-state index contributed by atoms with van der Waals surface area (Å²) in [7, 11) is -2.05. The highest BCUT2D eigenvalue weighted by Gasteiger charge is 2.32. The number of hydrogen-bond acceptors (Lipinski definition) is 4. The van der Waals surface area contributed by atoms with Gasteiger partial charge in [0.1, 0.15) is 10.6 Å². The highest BCUT2D eigenvalue weighted by atomic mass is 35.5. The molecule has 0 amide bonds. The van der Waals surface area contributed by atoms with E-state index in [0.29, 0.717) is 13.2 Å². The van der Waals surface area contributed by atoms with Crippen molar-refractivity contribution in [1.82, 2.24) is 4.31 Å². The van der Waals surface area contributed by atoms with E-state index in [4.69, 9.17) is 21.1 Å². The van der Waals surface area contributed by atoms with Crippen LogP contribution in [0.3, 0.4) is 0 Å². The van der Waals surface area contributed by atoms with E-state index in [1.54, 1.807) is 25.3 Å². The van der Waals surface area contributed by atoms with Gasteiger partial charge in [0, 0.05) is 13.1 Å². The number of methoxy groups -OCH3 is 1. The fourth-order valence-corrected chi connectivity index (χ4v) is 4.58. The van der Waals surface area contributed by atoms with Crippen molar-refractivity contribution in [3.63, 3.8) is 0 Å². The van der Waals surface area contributed by atoms with E-state index in [1.807, 2.05) is 24.3 Å². The number of hydrogen-bond donors (Lipinski definition) is 0. The molecule has 0 aromatic heterocycles. The predicted octanol–water partition coefficient (Wildman–Crippen LogP) is 3.11. The van der Waals surface area contributed by atoms with E-state index in [9.17, 15) is 8.42 Å². The van der Waals surface area contributed by atoms with Crippen molar-refractivity contribution < 1.29 is 17.9 Å². The Hall–Kier alpha value is -1.60. The van der Waals surface area contributed by atoms with E-state index in [2.05, 4.69) is 0 Å². The van der Waals surface area contributed by atoms with Gasteiger partial charge in [-0.15, -0.1) is 0 Å². The Bertz CT molecular complexity index is 808. The molecule has 7 heteroatoms. The van der Waals surface area contributed by atoms with Gasteiger partial charge in [-0.1, -0.05) is 35.9 Å². The lowest BCUT2D eigenvalue weighted by Crippen LogP contribution is -2.42. The number of benzene rings is 2. The summed E-state index contributed by atoms with van der Waals surface area (Å²) in [5, 5.41) is 0.227. The minimum atomic E-state index is -3.65. The second-order valence-corrected chi connectivity index (χ2v) is 7.74. The highest BCUT2D eigenvalue weighted by Crippen LogP contribution is 2.30. The van der Waals surface area contributed by atoms with Crippen molar-refractivity contribution in [2.45, 2.75) is 11.0 Å². The van der Waals surface area contributed by atoms with Gasteiger partial charge in [-0.25, -0.2) is 8.42 Å². The number of sulfonamides is 1. The van der Waals surface area contributed by atoms with Gasteiger partial charge in [-0.3, -0.25) is 0 Å². The highest BCUT2D eigenvalue weighted by molar-refractivity contribution is 7.89. The van der Waals surface area contributed by atoms with Crippen LogP contribution in [0.5, 0.6) is 5.75 Å². The maximum Gasteiger partial charge on any atom is 0.244 e. The van der Waals surface area contributed by atoms with Crippen molar-refractivity contribution in [1.29, 1.82) is 0 Å². The Labute approximate surface area is 146 Å². The van der Waals surface area contributed by atoms with Crippen molar-refractivity contribution >= 4 is 21.6 Å². The number of rotatable bonds is 4. The second kappa shape index (κ2) is 7.11. The van der Waals surface area contributed by atoms with Crippen LogP contribution in [0.25, 0.3) is 0 Å². The lowest BCUT2D eigenvalue weighted by molar-refractivity contribution is -0.00257. The number of halogens is 1. The van der Waals surface area contributed by atoms with Crippen LogP contribution in [0.15, 0.2) is 53.4 Å². The Balaban J connectivity index is 1.83. The molecule has 1 atom stereocenters. The molecule has 2 aromatic rings. The lowest BCUT2D eigenvalue weighted by Gasteiger charge is -2.32. The summed E-state index contributed by atoms with van der Waals surface area (Å²) in [6.07, 6.45) is -0.318. The molecule has 1 unspecified atom stereocenters. The molecule has 0 radical (unpaired) electrons. The van der Waals surface area contributed by atoms with Crippen LogP contribution in [-0.4, -0.2) is 39.5 Å². The maximum absolute atomic E-state index is 12.9. The molecule has 3 rings (SSSR count). The third kappa shape index (κ3) is 3.42. The zero-order valence-corrected chi connectivity index (χ0v) is 14.8. The molecule has 0 spiro atoms. The first-order chi connectivity index (χ1) is 11.5. The molecule has 1 fully saturated rings. The Kier molecular flexibility index (Phi) is 5.10. The molecule has 1 saturated heterocycles. The summed E-state index contributed by atoms with van der Waals surface area (Å²) in [4.78, 5) is 0.127. The van der Waals surface area contributed by atoms with Crippen molar-refractivity contribution in [2.75, 3.05) is 26.8 Å². The predicted molar refractivity (Wildman–Crippen MR) is 91.9 cm³/mol. The minimum absolute atomic E-state index is 0.127. The SMILES string of the molecule is COc1ccc(C2CN(S(=O)(=O)c3ccccc3Cl)CCO2)cc1. The average molecular weight is 368 g/mol. The van der Waals surface area contributed by atoms with Crippen LogP contribution in [0.1, 0.15) is 11.7 Å². The molecule has 0 aliphatic carbocycles. The van der Waals surface area contributed by atoms with Crippen molar-refractivity contribution in [2.24, 2.45) is 0 Å². The smallest absolute Gasteiger partial charge is 0.244 e. The van der Waals surface area contributed by atoms with Gasteiger partial charge in [0.15, 0.2) is 0 Å². The quantitative estimate of drug-likeness (QED) is 0.833. The number of morpholine rings is 1. The largest absolute Gasteiger partial charge is 0.497 e. The normalized spacial score (nSPS) is 19.2. The van der Waals surface area contributed by atoms with Crippen LogP contribution in [0, 0.1) is 0 Å². The first kappa shape index (κ1) is 17.2. The number of nitrogens with zero attached hydrogens (tertiary/aromatic N) is 1. The van der Waals surface area contributed by atoms with Crippen LogP contribution in [0.2, 0.25) is 5.02 Å². The Morgan fingerprint density at radius 3 is 2.54 bits per heavy atom. The summed E-state index contributed by atoms with van der Waals surface area (Å²) in [5.74, 6) is 0.745. The van der Waals surface area contributed by atoms with Gasteiger partial charge in [-0.05, 0) is 29.8 Å². The van der Waals surface area contributed by atoms with Crippen LogP contribution in [-0.2, 0) is 14.8 Å². The maximum atomic E-state index is 12.9. The third-order valence-corrected chi connectivity index (χ3v) is 6.34. The van der Waals surface area contributed by atoms with Gasteiger partial charge >= 0.3 is 0 Å². The van der Waals surface area contributed by atoms with Gasteiger partial charge in [0.25, 0.3) is 0 Å². The molecule has 5 nitrogen and oxygen atoms in total. The van der Waals surface area contributed by atoms with E-state index in [-0.39, 0.29) is 22.6 Å². The first-order valence-corrected chi connectivity index (χ1v) is 9.34. The number of ether oxygens (including phenoxy) is 2. The van der Waals surface area contributed by atoms with Gasteiger partial charge in [-0.2, -0.15) is 4.31 Å². The van der Waals surface area contributed by atoms with E-state index < -0.39 is 10.0 Å². The molecule has 2 aromatic carbocycles. The van der Waals surface area contributed by atoms with Crippen LogP contribution >= 0.6 is 11.6 Å². The summed E-state index contributed by atoms with van der Waals surface area (Å²) in [5.41, 5.74) is 0.912. The van der Waals surface area contributed by atoms with E-state index >= 15 is 0 Å². The summed E-state index contributed by atoms with van der Waals surface area (Å²) in [6, 6.07) is 13.9. The van der Waals surface area contributed by atoms with Gasteiger partial charge < -0.3 is 9.47 Å². The molecule has 24 heavy (non-hydrogen) atoms. The molecule has 1 aliphatic heterocycles. The fourth-order valence-electron chi connectivity index (χ4n) is 2.66.